The lowest BCUT2D eigenvalue weighted by atomic mass is 9.81. The van der Waals surface area contributed by atoms with E-state index in [1.807, 2.05) is 30.3 Å². The fraction of sp³-hybridized carbons (Fsp3) is 0.500. The van der Waals surface area contributed by atoms with Gasteiger partial charge in [0.15, 0.2) is 0 Å². The lowest BCUT2D eigenvalue weighted by Crippen LogP contribution is -2.37. The molecule has 19 heavy (non-hydrogen) atoms. The standard InChI is InChI=1S/C16H20N2O/c1-16(2)10-6-9-13(16)15(19)18-14(11-17)12-7-4-3-5-8-12/h3-5,7-8,13-14H,6,9-10H2,1-2H3,(H,18,19). The highest BCUT2D eigenvalue weighted by Gasteiger charge is 2.39. The van der Waals surface area contributed by atoms with Crippen molar-refractivity contribution in [2.75, 3.05) is 0 Å². The minimum atomic E-state index is -0.551. The van der Waals surface area contributed by atoms with E-state index in [4.69, 9.17) is 0 Å². The summed E-state index contributed by atoms with van der Waals surface area (Å²) in [4.78, 5) is 12.3. The highest BCUT2D eigenvalue weighted by atomic mass is 16.2. The Morgan fingerprint density at radius 3 is 2.63 bits per heavy atom. The molecule has 0 radical (unpaired) electrons. The van der Waals surface area contributed by atoms with Crippen molar-refractivity contribution in [1.82, 2.24) is 5.32 Å². The van der Waals surface area contributed by atoms with Gasteiger partial charge in [0.05, 0.1) is 6.07 Å². The van der Waals surface area contributed by atoms with Gasteiger partial charge < -0.3 is 5.32 Å². The Hall–Kier alpha value is -1.82. The van der Waals surface area contributed by atoms with Crippen molar-refractivity contribution >= 4 is 5.91 Å². The molecule has 1 amide bonds. The van der Waals surface area contributed by atoms with Crippen molar-refractivity contribution in [3.8, 4) is 6.07 Å². The number of nitrogens with one attached hydrogen (secondary N) is 1. The van der Waals surface area contributed by atoms with Crippen LogP contribution in [-0.2, 0) is 4.79 Å². The van der Waals surface area contributed by atoms with Gasteiger partial charge in [-0.15, -0.1) is 0 Å². The van der Waals surface area contributed by atoms with Crippen LogP contribution in [-0.4, -0.2) is 5.91 Å². The monoisotopic (exact) mass is 256 g/mol. The van der Waals surface area contributed by atoms with E-state index in [1.165, 1.54) is 0 Å². The maximum absolute atomic E-state index is 12.3. The fourth-order valence-corrected chi connectivity index (χ4v) is 2.89. The van der Waals surface area contributed by atoms with Crippen LogP contribution in [0.25, 0.3) is 0 Å². The Bertz CT molecular complexity index is 487. The lowest BCUT2D eigenvalue weighted by molar-refractivity contribution is -0.128. The molecule has 0 saturated heterocycles. The van der Waals surface area contributed by atoms with Crippen LogP contribution in [0.2, 0.25) is 0 Å². The highest BCUT2D eigenvalue weighted by Crippen LogP contribution is 2.42. The zero-order valence-corrected chi connectivity index (χ0v) is 11.5. The number of hydrogen-bond donors (Lipinski definition) is 1. The third-order valence-electron chi connectivity index (χ3n) is 4.12. The molecule has 3 nitrogen and oxygen atoms in total. The van der Waals surface area contributed by atoms with Crippen LogP contribution in [0.5, 0.6) is 0 Å². The third kappa shape index (κ3) is 2.96. The predicted molar refractivity (Wildman–Crippen MR) is 74.1 cm³/mol. The predicted octanol–water partition coefficient (Wildman–Crippen LogP) is 3.19. The van der Waals surface area contributed by atoms with E-state index in [0.717, 1.165) is 24.8 Å². The maximum atomic E-state index is 12.3. The van der Waals surface area contributed by atoms with Gasteiger partial charge in [-0.2, -0.15) is 5.26 Å². The lowest BCUT2D eigenvalue weighted by Gasteiger charge is -2.26. The van der Waals surface area contributed by atoms with E-state index in [2.05, 4.69) is 25.2 Å². The average Bonchev–Trinajstić information content (AvgIpc) is 2.76. The minimum Gasteiger partial charge on any atom is -0.336 e. The van der Waals surface area contributed by atoms with Crippen LogP contribution in [0, 0.1) is 22.7 Å². The van der Waals surface area contributed by atoms with Crippen molar-refractivity contribution in [3.63, 3.8) is 0 Å². The van der Waals surface area contributed by atoms with Crippen LogP contribution in [0.15, 0.2) is 30.3 Å². The van der Waals surface area contributed by atoms with Crippen molar-refractivity contribution in [2.24, 2.45) is 11.3 Å². The molecule has 0 aromatic heterocycles. The molecule has 0 aliphatic heterocycles. The van der Waals surface area contributed by atoms with Gasteiger partial charge in [0.1, 0.15) is 6.04 Å². The van der Waals surface area contributed by atoms with Gasteiger partial charge in [-0.1, -0.05) is 50.6 Å². The number of hydrogen-bond acceptors (Lipinski definition) is 2. The Labute approximate surface area is 114 Å². The molecule has 1 N–H and O–H groups in total. The molecule has 1 aromatic carbocycles. The van der Waals surface area contributed by atoms with E-state index in [1.54, 1.807) is 0 Å². The van der Waals surface area contributed by atoms with Crippen molar-refractivity contribution in [3.05, 3.63) is 35.9 Å². The van der Waals surface area contributed by atoms with Crippen LogP contribution in [0.3, 0.4) is 0 Å². The summed E-state index contributed by atoms with van der Waals surface area (Å²) in [6.45, 7) is 4.27. The van der Waals surface area contributed by atoms with Gasteiger partial charge >= 0.3 is 0 Å². The summed E-state index contributed by atoms with van der Waals surface area (Å²) in [7, 11) is 0. The smallest absolute Gasteiger partial charge is 0.224 e. The zero-order valence-electron chi connectivity index (χ0n) is 11.5. The summed E-state index contributed by atoms with van der Waals surface area (Å²) in [5.41, 5.74) is 0.884. The normalized spacial score (nSPS) is 22.5. The second-order valence-electron chi connectivity index (χ2n) is 5.91. The molecule has 1 saturated carbocycles. The molecule has 0 spiro atoms. The summed E-state index contributed by atoms with van der Waals surface area (Å²) in [6, 6.07) is 11.0. The first-order chi connectivity index (χ1) is 9.04. The second kappa shape index (κ2) is 5.44. The fourth-order valence-electron chi connectivity index (χ4n) is 2.89. The van der Waals surface area contributed by atoms with E-state index in [-0.39, 0.29) is 17.2 Å². The van der Waals surface area contributed by atoms with Gasteiger partial charge in [0, 0.05) is 5.92 Å². The van der Waals surface area contributed by atoms with Crippen molar-refractivity contribution in [1.29, 1.82) is 5.26 Å². The Morgan fingerprint density at radius 2 is 2.11 bits per heavy atom. The molecular formula is C16H20N2O. The Morgan fingerprint density at radius 1 is 1.42 bits per heavy atom. The van der Waals surface area contributed by atoms with Crippen LogP contribution >= 0.6 is 0 Å². The number of rotatable bonds is 3. The molecule has 1 fully saturated rings. The largest absolute Gasteiger partial charge is 0.336 e. The third-order valence-corrected chi connectivity index (χ3v) is 4.12. The molecule has 0 bridgehead atoms. The first kappa shape index (κ1) is 13.6. The molecule has 1 aromatic rings. The van der Waals surface area contributed by atoms with E-state index in [0.29, 0.717) is 0 Å². The quantitative estimate of drug-likeness (QED) is 0.903. The summed E-state index contributed by atoms with van der Waals surface area (Å²) in [6.07, 6.45) is 3.09. The van der Waals surface area contributed by atoms with Crippen LogP contribution in [0.1, 0.15) is 44.7 Å². The minimum absolute atomic E-state index is 0.0119. The molecule has 100 valence electrons. The Kier molecular flexibility index (Phi) is 3.90. The number of nitrogens with zero attached hydrogens (tertiary/aromatic N) is 1. The molecule has 2 atom stereocenters. The zero-order chi connectivity index (χ0) is 13.9. The average molecular weight is 256 g/mol. The number of carbonyl (C=O) groups is 1. The van der Waals surface area contributed by atoms with E-state index >= 15 is 0 Å². The molecule has 1 aliphatic carbocycles. The van der Waals surface area contributed by atoms with Gasteiger partial charge in [-0.05, 0) is 23.8 Å². The summed E-state index contributed by atoms with van der Waals surface area (Å²) >= 11 is 0. The van der Waals surface area contributed by atoms with E-state index < -0.39 is 6.04 Å². The van der Waals surface area contributed by atoms with Crippen molar-refractivity contribution in [2.45, 2.75) is 39.2 Å². The van der Waals surface area contributed by atoms with E-state index in [9.17, 15) is 10.1 Å². The molecule has 1 aliphatic rings. The molecule has 3 heteroatoms. The van der Waals surface area contributed by atoms with Crippen LogP contribution in [0.4, 0.5) is 0 Å². The molecule has 2 unspecified atom stereocenters. The molecule has 2 rings (SSSR count). The van der Waals surface area contributed by atoms with Gasteiger partial charge in [0.25, 0.3) is 0 Å². The van der Waals surface area contributed by atoms with Crippen LogP contribution < -0.4 is 5.32 Å². The number of benzene rings is 1. The summed E-state index contributed by atoms with van der Waals surface area (Å²) in [5.74, 6) is 0.0324. The number of carbonyl (C=O) groups excluding carboxylic acids is 1. The second-order valence-corrected chi connectivity index (χ2v) is 5.91. The highest BCUT2D eigenvalue weighted by molar-refractivity contribution is 5.80. The Balaban J connectivity index is 2.08. The molecule has 0 heterocycles. The topological polar surface area (TPSA) is 52.9 Å². The van der Waals surface area contributed by atoms with Gasteiger partial charge in [0.2, 0.25) is 5.91 Å². The maximum Gasteiger partial charge on any atom is 0.224 e. The van der Waals surface area contributed by atoms with Gasteiger partial charge in [-0.3, -0.25) is 4.79 Å². The SMILES string of the molecule is CC1(C)CCCC1C(=O)NC(C#N)c1ccccc1. The van der Waals surface area contributed by atoms with Gasteiger partial charge in [-0.25, -0.2) is 0 Å². The first-order valence-corrected chi connectivity index (χ1v) is 6.79. The number of amides is 1. The number of nitriles is 1. The van der Waals surface area contributed by atoms with Crippen molar-refractivity contribution < 1.29 is 4.79 Å². The molecular weight excluding hydrogens is 236 g/mol. The summed E-state index contributed by atoms with van der Waals surface area (Å²) in [5, 5.41) is 12.1. The first-order valence-electron chi connectivity index (χ1n) is 6.79. The summed E-state index contributed by atoms with van der Waals surface area (Å²) < 4.78 is 0.